The summed E-state index contributed by atoms with van der Waals surface area (Å²) in [6.07, 6.45) is 5.26. The summed E-state index contributed by atoms with van der Waals surface area (Å²) in [6, 6.07) is 5.41. The van der Waals surface area contributed by atoms with Crippen LogP contribution in [0.3, 0.4) is 0 Å². The molecule has 0 bridgehead atoms. The fraction of sp³-hybridized carbons (Fsp3) is 0.467. The lowest BCUT2D eigenvalue weighted by molar-refractivity contribution is 0.0694. The normalized spacial score (nSPS) is 18.8. The minimum absolute atomic E-state index is 0.225. The van der Waals surface area contributed by atoms with Gasteiger partial charge in [-0.05, 0) is 12.1 Å². The molecule has 0 aromatic carbocycles. The topological polar surface area (TPSA) is 77.3 Å². The smallest absolute Gasteiger partial charge is 0.211 e. The summed E-state index contributed by atoms with van der Waals surface area (Å²) in [7, 11) is -1.39. The van der Waals surface area contributed by atoms with Crippen LogP contribution in [0.1, 0.15) is 17.1 Å². The van der Waals surface area contributed by atoms with Crippen LogP contribution in [-0.4, -0.2) is 46.2 Å². The first-order valence-electron chi connectivity index (χ1n) is 7.38. The summed E-state index contributed by atoms with van der Waals surface area (Å²) in [4.78, 5) is 8.49. The van der Waals surface area contributed by atoms with Gasteiger partial charge in [0.1, 0.15) is 0 Å². The van der Waals surface area contributed by atoms with E-state index in [4.69, 9.17) is 4.74 Å². The first kappa shape index (κ1) is 16.1. The molecule has 0 fully saturated rings. The molecule has 1 aliphatic rings. The molecule has 1 aliphatic heterocycles. The second-order valence-electron chi connectivity index (χ2n) is 5.75. The Labute approximate surface area is 136 Å². The molecule has 0 saturated carbocycles. The lowest BCUT2D eigenvalue weighted by Crippen LogP contribution is -2.46. The Bertz CT molecular complexity index is 773. The fourth-order valence-electron chi connectivity index (χ4n) is 2.81. The zero-order chi connectivity index (χ0) is 16.4. The van der Waals surface area contributed by atoms with Crippen LogP contribution in [0.25, 0.3) is 0 Å². The van der Waals surface area contributed by atoms with Crippen molar-refractivity contribution >= 4 is 10.0 Å². The molecule has 7 nitrogen and oxygen atoms in total. The van der Waals surface area contributed by atoms with Crippen molar-refractivity contribution in [1.29, 1.82) is 0 Å². The second-order valence-corrected chi connectivity index (χ2v) is 7.69. The van der Waals surface area contributed by atoms with Crippen molar-refractivity contribution in [3.05, 3.63) is 47.8 Å². The lowest BCUT2D eigenvalue weighted by Gasteiger charge is -2.33. The number of rotatable bonds is 5. The quantitative estimate of drug-likeness (QED) is 0.804. The number of imidazole rings is 1. The minimum atomic E-state index is -3.32. The van der Waals surface area contributed by atoms with Gasteiger partial charge in [0.05, 0.1) is 49.8 Å². The molecular weight excluding hydrogens is 316 g/mol. The molecule has 8 heteroatoms. The van der Waals surface area contributed by atoms with E-state index in [2.05, 4.69) is 9.97 Å². The van der Waals surface area contributed by atoms with Crippen molar-refractivity contribution in [2.24, 2.45) is 7.05 Å². The molecule has 0 N–H and O–H groups in total. The summed E-state index contributed by atoms with van der Waals surface area (Å²) in [5.41, 5.74) is 2.71. The Morgan fingerprint density at radius 3 is 2.87 bits per heavy atom. The van der Waals surface area contributed by atoms with Crippen molar-refractivity contribution in [3.63, 3.8) is 0 Å². The molecule has 0 radical (unpaired) electrons. The number of nitrogens with zero attached hydrogens (tertiary/aromatic N) is 4. The predicted octanol–water partition coefficient (Wildman–Crippen LogP) is 0.718. The summed E-state index contributed by atoms with van der Waals surface area (Å²) < 4.78 is 33.3. The highest BCUT2D eigenvalue weighted by molar-refractivity contribution is 7.88. The molecule has 2 aromatic heterocycles. The Hall–Kier alpha value is -1.77. The molecule has 23 heavy (non-hydrogen) atoms. The van der Waals surface area contributed by atoms with Gasteiger partial charge in [-0.2, -0.15) is 4.31 Å². The van der Waals surface area contributed by atoms with Crippen molar-refractivity contribution in [3.8, 4) is 0 Å². The molecule has 3 heterocycles. The van der Waals surface area contributed by atoms with Crippen molar-refractivity contribution in [2.45, 2.75) is 25.6 Å². The van der Waals surface area contributed by atoms with Gasteiger partial charge in [-0.15, -0.1) is 0 Å². The van der Waals surface area contributed by atoms with Crippen molar-refractivity contribution < 1.29 is 13.2 Å². The number of hydrogen-bond donors (Lipinski definition) is 0. The first-order valence-corrected chi connectivity index (χ1v) is 9.23. The number of aromatic nitrogens is 3. The number of pyridine rings is 1. The number of aryl methyl sites for hydroxylation is 1. The molecular formula is C15H20N4O3S. The Morgan fingerprint density at radius 2 is 2.17 bits per heavy atom. The highest BCUT2D eigenvalue weighted by Crippen LogP contribution is 2.24. The lowest BCUT2D eigenvalue weighted by atomic mass is 10.1. The third kappa shape index (κ3) is 3.60. The van der Waals surface area contributed by atoms with Crippen LogP contribution in [0, 0.1) is 0 Å². The van der Waals surface area contributed by atoms with Gasteiger partial charge in [-0.25, -0.2) is 13.4 Å². The maximum atomic E-state index is 12.1. The molecule has 0 amide bonds. The summed E-state index contributed by atoms with van der Waals surface area (Å²) in [5, 5.41) is 0. The standard InChI is InChI=1S/C15H20N4O3S/c1-18-11-17-14-8-19(23(2,20)21)13(7-15(14)18)10-22-9-12-5-3-4-6-16-12/h3-6,11,13H,7-10H2,1-2H3. The van der Waals surface area contributed by atoms with Gasteiger partial charge in [0.2, 0.25) is 10.0 Å². The minimum Gasteiger partial charge on any atom is -0.373 e. The Balaban J connectivity index is 1.72. The van der Waals surface area contributed by atoms with Crippen molar-refractivity contribution in [2.75, 3.05) is 12.9 Å². The predicted molar refractivity (Wildman–Crippen MR) is 85.0 cm³/mol. The van der Waals surface area contributed by atoms with E-state index in [9.17, 15) is 8.42 Å². The number of fused-ring (bicyclic) bond motifs is 1. The van der Waals surface area contributed by atoms with Crippen LogP contribution >= 0.6 is 0 Å². The number of ether oxygens (including phenoxy) is 1. The van der Waals surface area contributed by atoms with E-state index in [-0.39, 0.29) is 6.04 Å². The largest absolute Gasteiger partial charge is 0.373 e. The summed E-state index contributed by atoms with van der Waals surface area (Å²) in [5.74, 6) is 0. The van der Waals surface area contributed by atoms with Gasteiger partial charge in [-0.3, -0.25) is 4.98 Å². The SMILES string of the molecule is Cn1cnc2c1CC(COCc1ccccn1)N(S(C)(=O)=O)C2. The highest BCUT2D eigenvalue weighted by atomic mass is 32.2. The van der Waals surface area contributed by atoms with Crippen LogP contribution < -0.4 is 0 Å². The molecule has 1 unspecified atom stereocenters. The highest BCUT2D eigenvalue weighted by Gasteiger charge is 2.34. The number of sulfonamides is 1. The van der Waals surface area contributed by atoms with Gasteiger partial charge in [0, 0.05) is 25.4 Å². The van der Waals surface area contributed by atoms with E-state index in [1.54, 1.807) is 12.5 Å². The maximum Gasteiger partial charge on any atom is 0.211 e. The van der Waals surface area contributed by atoms with E-state index in [1.165, 1.54) is 10.6 Å². The van der Waals surface area contributed by atoms with E-state index < -0.39 is 10.0 Å². The zero-order valence-electron chi connectivity index (χ0n) is 13.2. The Kier molecular flexibility index (Phi) is 4.47. The number of hydrogen-bond acceptors (Lipinski definition) is 5. The van der Waals surface area contributed by atoms with Crippen LogP contribution in [0.2, 0.25) is 0 Å². The monoisotopic (exact) mass is 336 g/mol. The third-order valence-electron chi connectivity index (χ3n) is 4.00. The van der Waals surface area contributed by atoms with Gasteiger partial charge in [-0.1, -0.05) is 6.07 Å². The summed E-state index contributed by atoms with van der Waals surface area (Å²) in [6.45, 7) is 0.994. The Morgan fingerprint density at radius 1 is 1.35 bits per heavy atom. The van der Waals surface area contributed by atoms with Crippen LogP contribution in [-0.2, 0) is 41.4 Å². The molecule has 3 rings (SSSR count). The third-order valence-corrected chi connectivity index (χ3v) is 5.28. The van der Waals surface area contributed by atoms with Crippen LogP contribution in [0.5, 0.6) is 0 Å². The molecule has 0 saturated heterocycles. The summed E-state index contributed by atoms with van der Waals surface area (Å²) >= 11 is 0. The van der Waals surface area contributed by atoms with Gasteiger partial charge >= 0.3 is 0 Å². The molecule has 0 aliphatic carbocycles. The average Bonchev–Trinajstić information content (AvgIpc) is 2.88. The van der Waals surface area contributed by atoms with Crippen LogP contribution in [0.15, 0.2) is 30.7 Å². The fourth-order valence-corrected chi connectivity index (χ4v) is 3.85. The van der Waals surface area contributed by atoms with E-state index in [0.29, 0.717) is 26.2 Å². The van der Waals surface area contributed by atoms with Crippen molar-refractivity contribution in [1.82, 2.24) is 18.8 Å². The first-order chi connectivity index (χ1) is 10.9. The zero-order valence-corrected chi connectivity index (χ0v) is 14.0. The molecule has 2 aromatic rings. The van der Waals surface area contributed by atoms with Crippen LogP contribution in [0.4, 0.5) is 0 Å². The maximum absolute atomic E-state index is 12.1. The van der Waals surface area contributed by atoms with E-state index in [0.717, 1.165) is 17.1 Å². The van der Waals surface area contributed by atoms with Gasteiger partial charge < -0.3 is 9.30 Å². The second kappa shape index (κ2) is 6.38. The van der Waals surface area contributed by atoms with Gasteiger partial charge in [0.15, 0.2) is 0 Å². The van der Waals surface area contributed by atoms with Gasteiger partial charge in [0.25, 0.3) is 0 Å². The average molecular weight is 336 g/mol. The molecule has 124 valence electrons. The molecule has 1 atom stereocenters. The van der Waals surface area contributed by atoms with E-state index in [1.807, 2.05) is 29.8 Å². The molecule has 0 spiro atoms. The van der Waals surface area contributed by atoms with E-state index >= 15 is 0 Å².